The van der Waals surface area contributed by atoms with Crippen LogP contribution in [0.15, 0.2) is 42.5 Å². The second-order valence-corrected chi connectivity index (χ2v) is 8.00. The van der Waals surface area contributed by atoms with E-state index >= 15 is 0 Å². The first kappa shape index (κ1) is 20.1. The maximum absolute atomic E-state index is 12.4. The van der Waals surface area contributed by atoms with Gasteiger partial charge < -0.3 is 10.1 Å². The Bertz CT molecular complexity index is 883. The van der Waals surface area contributed by atoms with Gasteiger partial charge in [0.25, 0.3) is 5.91 Å². The summed E-state index contributed by atoms with van der Waals surface area (Å²) in [5.41, 5.74) is 1.47. The van der Waals surface area contributed by atoms with Gasteiger partial charge in [-0.15, -0.1) is 0 Å². The fraction of sp³-hybridized carbons (Fsp3) is 0.278. The van der Waals surface area contributed by atoms with Gasteiger partial charge in [0.05, 0.1) is 23.6 Å². The maximum Gasteiger partial charge on any atom is 0.255 e. The highest BCUT2D eigenvalue weighted by Gasteiger charge is 2.19. The number of sulfonamides is 1. The molecule has 140 valence electrons. The third-order valence-electron chi connectivity index (χ3n) is 3.81. The van der Waals surface area contributed by atoms with Gasteiger partial charge >= 0.3 is 0 Å². The van der Waals surface area contributed by atoms with Crippen LogP contribution in [0.4, 0.5) is 11.4 Å². The zero-order chi connectivity index (χ0) is 19.3. The van der Waals surface area contributed by atoms with Crippen LogP contribution in [0.1, 0.15) is 24.2 Å². The summed E-state index contributed by atoms with van der Waals surface area (Å²) in [5.74, 6) is 0.214. The van der Waals surface area contributed by atoms with E-state index in [1.165, 1.54) is 11.4 Å². The standard InChI is InChI=1S/C18H21ClN2O4S/c1-4-21(26(23,24)5-2)15-9-6-13(7-10-15)18(22)20-14-8-11-17(25-3)16(19)12-14/h6-12H,4-5H2,1-3H3,(H,20,22). The van der Waals surface area contributed by atoms with E-state index < -0.39 is 10.0 Å². The molecule has 0 aliphatic rings. The fourth-order valence-electron chi connectivity index (χ4n) is 2.42. The minimum atomic E-state index is -3.35. The lowest BCUT2D eigenvalue weighted by molar-refractivity contribution is 0.102. The number of carbonyl (C=O) groups is 1. The summed E-state index contributed by atoms with van der Waals surface area (Å²) in [6.45, 7) is 3.69. The number of nitrogens with zero attached hydrogens (tertiary/aromatic N) is 1. The van der Waals surface area contributed by atoms with Crippen molar-refractivity contribution in [2.75, 3.05) is 29.0 Å². The molecule has 0 heterocycles. The van der Waals surface area contributed by atoms with E-state index in [2.05, 4.69) is 5.32 Å². The summed E-state index contributed by atoms with van der Waals surface area (Å²) >= 11 is 6.05. The van der Waals surface area contributed by atoms with Gasteiger partial charge in [0.1, 0.15) is 5.75 Å². The van der Waals surface area contributed by atoms with Crippen molar-refractivity contribution < 1.29 is 17.9 Å². The molecule has 1 N–H and O–H groups in total. The normalized spacial score (nSPS) is 11.1. The van der Waals surface area contributed by atoms with Gasteiger partial charge in [0.2, 0.25) is 10.0 Å². The Balaban J connectivity index is 2.17. The van der Waals surface area contributed by atoms with Gasteiger partial charge in [-0.25, -0.2) is 8.42 Å². The predicted molar refractivity (Wildman–Crippen MR) is 105 cm³/mol. The first-order valence-electron chi connectivity index (χ1n) is 8.07. The summed E-state index contributed by atoms with van der Waals surface area (Å²) in [5, 5.41) is 3.14. The Morgan fingerprint density at radius 3 is 2.31 bits per heavy atom. The lowest BCUT2D eigenvalue weighted by atomic mass is 10.2. The average molecular weight is 397 g/mol. The number of rotatable bonds is 7. The molecule has 0 radical (unpaired) electrons. The van der Waals surface area contributed by atoms with Gasteiger partial charge in [-0.1, -0.05) is 11.6 Å². The van der Waals surface area contributed by atoms with Crippen LogP contribution in [-0.2, 0) is 10.0 Å². The van der Waals surface area contributed by atoms with Crippen LogP contribution in [0.5, 0.6) is 5.75 Å². The van der Waals surface area contributed by atoms with Crippen molar-refractivity contribution in [1.82, 2.24) is 0 Å². The summed E-state index contributed by atoms with van der Waals surface area (Å²) in [4.78, 5) is 12.4. The van der Waals surface area contributed by atoms with Crippen molar-refractivity contribution in [3.63, 3.8) is 0 Å². The van der Waals surface area contributed by atoms with Crippen LogP contribution in [0.3, 0.4) is 0 Å². The number of benzene rings is 2. The molecule has 0 spiro atoms. The van der Waals surface area contributed by atoms with Crippen molar-refractivity contribution in [3.05, 3.63) is 53.1 Å². The van der Waals surface area contributed by atoms with E-state index in [0.717, 1.165) is 0 Å². The summed E-state index contributed by atoms with van der Waals surface area (Å²) in [6, 6.07) is 11.4. The molecule has 0 fully saturated rings. The molecule has 6 nitrogen and oxygen atoms in total. The number of methoxy groups -OCH3 is 1. The molecule has 0 saturated heterocycles. The second kappa shape index (κ2) is 8.42. The highest BCUT2D eigenvalue weighted by molar-refractivity contribution is 7.92. The first-order chi connectivity index (χ1) is 12.3. The van der Waals surface area contributed by atoms with E-state index in [0.29, 0.717) is 34.3 Å². The Hall–Kier alpha value is -2.25. The summed E-state index contributed by atoms with van der Waals surface area (Å²) < 4.78 is 30.6. The van der Waals surface area contributed by atoms with E-state index in [9.17, 15) is 13.2 Å². The van der Waals surface area contributed by atoms with Gasteiger partial charge in [-0.2, -0.15) is 0 Å². The smallest absolute Gasteiger partial charge is 0.255 e. The largest absolute Gasteiger partial charge is 0.495 e. The highest BCUT2D eigenvalue weighted by atomic mass is 35.5. The van der Waals surface area contributed by atoms with Crippen LogP contribution in [-0.4, -0.2) is 33.7 Å². The predicted octanol–water partition coefficient (Wildman–Crippen LogP) is 3.78. The van der Waals surface area contributed by atoms with Gasteiger partial charge in [-0.05, 0) is 56.3 Å². The van der Waals surface area contributed by atoms with E-state index in [1.807, 2.05) is 0 Å². The minimum absolute atomic E-state index is 0.0152. The topological polar surface area (TPSA) is 75.7 Å². The van der Waals surface area contributed by atoms with Crippen LogP contribution < -0.4 is 14.4 Å². The van der Waals surface area contributed by atoms with Crippen molar-refractivity contribution in [1.29, 1.82) is 0 Å². The minimum Gasteiger partial charge on any atom is -0.495 e. The van der Waals surface area contributed by atoms with Crippen LogP contribution >= 0.6 is 11.6 Å². The number of halogens is 1. The molecule has 2 aromatic rings. The quantitative estimate of drug-likeness (QED) is 0.772. The molecule has 2 rings (SSSR count). The Labute approximate surface area is 158 Å². The Morgan fingerprint density at radius 2 is 1.81 bits per heavy atom. The molecule has 0 saturated carbocycles. The lowest BCUT2D eigenvalue weighted by Gasteiger charge is -2.22. The van der Waals surface area contributed by atoms with Crippen LogP contribution in [0, 0.1) is 0 Å². The Morgan fingerprint density at radius 1 is 1.15 bits per heavy atom. The van der Waals surface area contributed by atoms with E-state index in [4.69, 9.17) is 16.3 Å². The molecule has 26 heavy (non-hydrogen) atoms. The molecule has 1 amide bonds. The van der Waals surface area contributed by atoms with Gasteiger partial charge in [0.15, 0.2) is 0 Å². The number of carbonyl (C=O) groups excluding carboxylic acids is 1. The molecule has 0 unspecified atom stereocenters. The van der Waals surface area contributed by atoms with Crippen molar-refractivity contribution in [2.24, 2.45) is 0 Å². The molecule has 0 bridgehead atoms. The number of hydrogen-bond acceptors (Lipinski definition) is 4. The molecule has 8 heteroatoms. The number of nitrogens with one attached hydrogen (secondary N) is 1. The molecule has 0 aliphatic carbocycles. The molecule has 0 aromatic heterocycles. The highest BCUT2D eigenvalue weighted by Crippen LogP contribution is 2.27. The van der Waals surface area contributed by atoms with Crippen molar-refractivity contribution in [2.45, 2.75) is 13.8 Å². The van der Waals surface area contributed by atoms with Crippen molar-refractivity contribution in [3.8, 4) is 5.75 Å². The number of hydrogen-bond donors (Lipinski definition) is 1. The monoisotopic (exact) mass is 396 g/mol. The molecule has 2 aromatic carbocycles. The van der Waals surface area contributed by atoms with Crippen LogP contribution in [0.25, 0.3) is 0 Å². The van der Waals surface area contributed by atoms with E-state index in [1.54, 1.807) is 56.3 Å². The Kier molecular flexibility index (Phi) is 6.50. The fourth-order valence-corrected chi connectivity index (χ4v) is 3.83. The van der Waals surface area contributed by atoms with Crippen molar-refractivity contribution >= 4 is 38.9 Å². The number of anilines is 2. The SMILES string of the molecule is CCN(c1ccc(C(=O)Nc2ccc(OC)c(Cl)c2)cc1)S(=O)(=O)CC. The number of ether oxygens (including phenoxy) is 1. The maximum atomic E-state index is 12.4. The van der Waals surface area contributed by atoms with Crippen LogP contribution in [0.2, 0.25) is 5.02 Å². The zero-order valence-corrected chi connectivity index (χ0v) is 16.4. The summed E-state index contributed by atoms with van der Waals surface area (Å²) in [6.07, 6.45) is 0. The van der Waals surface area contributed by atoms with E-state index in [-0.39, 0.29) is 11.7 Å². The third-order valence-corrected chi connectivity index (χ3v) is 5.98. The first-order valence-corrected chi connectivity index (χ1v) is 10.1. The second-order valence-electron chi connectivity index (χ2n) is 5.42. The molecular formula is C18H21ClN2O4S. The number of amides is 1. The van der Waals surface area contributed by atoms with Gasteiger partial charge in [-0.3, -0.25) is 9.10 Å². The third kappa shape index (κ3) is 4.47. The molecule has 0 atom stereocenters. The lowest BCUT2D eigenvalue weighted by Crippen LogP contribution is -2.32. The molecular weight excluding hydrogens is 376 g/mol. The average Bonchev–Trinajstić information content (AvgIpc) is 2.63. The molecule has 0 aliphatic heterocycles. The zero-order valence-electron chi connectivity index (χ0n) is 14.8. The van der Waals surface area contributed by atoms with Gasteiger partial charge in [0, 0.05) is 17.8 Å². The summed E-state index contributed by atoms with van der Waals surface area (Å²) in [7, 11) is -1.84.